The molecule has 2 bridgehead atoms. The maximum Gasteiger partial charge on any atom is 0.247 e. The van der Waals surface area contributed by atoms with Crippen molar-refractivity contribution in [3.05, 3.63) is 105 Å². The predicted molar refractivity (Wildman–Crippen MR) is 191 cm³/mol. The van der Waals surface area contributed by atoms with Gasteiger partial charge in [0.2, 0.25) is 17.7 Å². The molecule has 12 heteroatoms. The van der Waals surface area contributed by atoms with Gasteiger partial charge in [0, 0.05) is 44.1 Å². The first-order valence-electron chi connectivity index (χ1n) is 17.5. The highest BCUT2D eigenvalue weighted by molar-refractivity contribution is 9.10. The van der Waals surface area contributed by atoms with Crippen molar-refractivity contribution in [2.24, 2.45) is 5.73 Å². The number of ether oxygens (including phenoxy) is 1. The third kappa shape index (κ3) is 9.20. The van der Waals surface area contributed by atoms with E-state index in [1.807, 2.05) is 6.08 Å². The third-order valence-electron chi connectivity index (χ3n) is 9.77. The van der Waals surface area contributed by atoms with Gasteiger partial charge in [-0.1, -0.05) is 42.5 Å². The van der Waals surface area contributed by atoms with E-state index in [0.29, 0.717) is 36.2 Å². The quantitative estimate of drug-likeness (QED) is 0.182. The third-order valence-corrected chi connectivity index (χ3v) is 10.4. The lowest BCUT2D eigenvalue weighted by molar-refractivity contribution is -0.149. The lowest BCUT2D eigenvalue weighted by Gasteiger charge is -2.48. The number of nitrogens with two attached hydrogens (primary N) is 1. The van der Waals surface area contributed by atoms with Crippen LogP contribution >= 0.6 is 15.9 Å². The van der Waals surface area contributed by atoms with Crippen LogP contribution in [0.2, 0.25) is 0 Å². The van der Waals surface area contributed by atoms with E-state index in [2.05, 4.69) is 45.5 Å². The molecule has 0 spiro atoms. The number of hydrogen-bond donors (Lipinski definition) is 2. The van der Waals surface area contributed by atoms with Crippen LogP contribution in [0.3, 0.4) is 0 Å². The molecule has 2 aliphatic heterocycles. The SMILES string of the molecule is NC(=O)CCCC(=O)N1C[C@H]2CC(c3ccc(CCCOc4cc(F)ccc4Br)cc3)=C[C@H](N2)C1C(=O)N(CCc1cccc(F)c1F)C1CC1. The van der Waals surface area contributed by atoms with Crippen LogP contribution in [-0.4, -0.2) is 71.4 Å². The fourth-order valence-electron chi connectivity index (χ4n) is 7.03. The van der Waals surface area contributed by atoms with Crippen molar-refractivity contribution in [3.8, 4) is 5.75 Å². The van der Waals surface area contributed by atoms with Crippen molar-refractivity contribution in [2.75, 3.05) is 19.7 Å². The van der Waals surface area contributed by atoms with Crippen molar-refractivity contribution in [2.45, 2.75) is 82.0 Å². The molecule has 270 valence electrons. The lowest BCUT2D eigenvalue weighted by atomic mass is 9.85. The summed E-state index contributed by atoms with van der Waals surface area (Å²) in [5.74, 6) is -2.65. The van der Waals surface area contributed by atoms with E-state index in [1.54, 1.807) is 15.9 Å². The average Bonchev–Trinajstić information content (AvgIpc) is 3.95. The highest BCUT2D eigenvalue weighted by Crippen LogP contribution is 2.35. The number of rotatable bonds is 15. The zero-order valence-electron chi connectivity index (χ0n) is 28.3. The topological polar surface area (TPSA) is 105 Å². The Morgan fingerprint density at radius 1 is 0.980 bits per heavy atom. The van der Waals surface area contributed by atoms with Crippen LogP contribution in [-0.2, 0) is 27.2 Å². The van der Waals surface area contributed by atoms with Crippen LogP contribution in [0.1, 0.15) is 61.6 Å². The van der Waals surface area contributed by atoms with Gasteiger partial charge in [-0.05, 0) is 101 Å². The number of amides is 3. The Kier molecular flexibility index (Phi) is 11.8. The normalized spacial score (nSPS) is 19.7. The first-order valence-corrected chi connectivity index (χ1v) is 18.3. The molecule has 2 heterocycles. The number of halogens is 4. The van der Waals surface area contributed by atoms with Crippen LogP contribution in [0.25, 0.3) is 5.57 Å². The molecule has 0 aromatic heterocycles. The van der Waals surface area contributed by atoms with Crippen molar-refractivity contribution < 1.29 is 32.3 Å². The Morgan fingerprint density at radius 3 is 2.51 bits per heavy atom. The molecule has 6 rings (SSSR count). The number of hydrogen-bond acceptors (Lipinski definition) is 5. The van der Waals surface area contributed by atoms with E-state index in [9.17, 15) is 27.6 Å². The first kappa shape index (κ1) is 36.6. The molecular formula is C39H42BrF3N4O4. The van der Waals surface area contributed by atoms with Gasteiger partial charge in [-0.2, -0.15) is 0 Å². The van der Waals surface area contributed by atoms with Crippen molar-refractivity contribution in [1.29, 1.82) is 0 Å². The Labute approximate surface area is 304 Å². The summed E-state index contributed by atoms with van der Waals surface area (Å²) in [4.78, 5) is 42.9. The van der Waals surface area contributed by atoms with Crippen LogP contribution < -0.4 is 15.8 Å². The van der Waals surface area contributed by atoms with E-state index in [1.165, 1.54) is 24.3 Å². The Morgan fingerprint density at radius 2 is 1.76 bits per heavy atom. The number of benzene rings is 3. The highest BCUT2D eigenvalue weighted by Gasteiger charge is 2.47. The van der Waals surface area contributed by atoms with Crippen LogP contribution in [0.5, 0.6) is 5.75 Å². The van der Waals surface area contributed by atoms with Crippen LogP contribution in [0, 0.1) is 17.5 Å². The summed E-state index contributed by atoms with van der Waals surface area (Å²) in [5.41, 5.74) is 8.76. The summed E-state index contributed by atoms with van der Waals surface area (Å²) in [6.07, 6.45) is 6.44. The van der Waals surface area contributed by atoms with Crippen molar-refractivity contribution in [1.82, 2.24) is 15.1 Å². The molecule has 3 aliphatic rings. The van der Waals surface area contributed by atoms with Gasteiger partial charge in [0.05, 0.1) is 17.1 Å². The predicted octanol–water partition coefficient (Wildman–Crippen LogP) is 6.09. The van der Waals surface area contributed by atoms with Crippen molar-refractivity contribution in [3.63, 3.8) is 0 Å². The minimum Gasteiger partial charge on any atom is -0.492 e. The van der Waals surface area contributed by atoms with E-state index >= 15 is 0 Å². The summed E-state index contributed by atoms with van der Waals surface area (Å²) >= 11 is 3.38. The van der Waals surface area contributed by atoms with Crippen LogP contribution in [0.15, 0.2) is 71.2 Å². The molecule has 3 atom stereocenters. The van der Waals surface area contributed by atoms with Gasteiger partial charge in [0.1, 0.15) is 17.6 Å². The molecule has 3 aromatic rings. The monoisotopic (exact) mass is 766 g/mol. The molecule has 3 amide bonds. The van der Waals surface area contributed by atoms with Crippen LogP contribution in [0.4, 0.5) is 13.2 Å². The number of fused-ring (bicyclic) bond motifs is 2. The minimum absolute atomic E-state index is 0.0287. The van der Waals surface area contributed by atoms with Gasteiger partial charge in [0.15, 0.2) is 11.6 Å². The fourth-order valence-corrected chi connectivity index (χ4v) is 7.39. The van der Waals surface area contributed by atoms with E-state index in [4.69, 9.17) is 10.5 Å². The largest absolute Gasteiger partial charge is 0.492 e. The summed E-state index contributed by atoms with van der Waals surface area (Å²) in [6, 6.07) is 15.3. The molecule has 3 aromatic carbocycles. The number of piperazine rings is 1. The number of carbonyl (C=O) groups excluding carboxylic acids is 3. The number of nitrogens with zero attached hydrogens (tertiary/aromatic N) is 2. The molecule has 1 aliphatic carbocycles. The van der Waals surface area contributed by atoms with Gasteiger partial charge in [-0.25, -0.2) is 13.2 Å². The number of nitrogens with one attached hydrogen (secondary N) is 1. The lowest BCUT2D eigenvalue weighted by Crippen LogP contribution is -2.69. The summed E-state index contributed by atoms with van der Waals surface area (Å²) in [6.45, 7) is 0.950. The first-order chi connectivity index (χ1) is 24.6. The van der Waals surface area contributed by atoms with Gasteiger partial charge < -0.3 is 25.6 Å². The van der Waals surface area contributed by atoms with E-state index in [0.717, 1.165) is 48.4 Å². The number of primary amides is 1. The standard InChI is InChI=1S/C39H42BrF3N4O4/c40-31-16-13-28(41)22-34(31)51-19-3-4-24-9-11-25(12-10-24)27-20-29-23-47(36(49)8-2-7-35(44)48)38(33(21-27)45-29)39(50)46(30-14-15-30)18-17-26-5-1-6-32(42)37(26)43/h1,5-6,9-13,16,21-22,29-30,33,38,45H,2-4,7-8,14-15,17-20,23H2,(H2,44,48)/t29-,33+,38?/m1/s1. The summed E-state index contributed by atoms with van der Waals surface area (Å²) in [7, 11) is 0. The number of aryl methyl sites for hydroxylation is 1. The highest BCUT2D eigenvalue weighted by atomic mass is 79.9. The maximum atomic E-state index is 14.5. The Hall–Kier alpha value is -4.16. The fraction of sp³-hybridized carbons (Fsp3) is 0.410. The molecule has 1 unspecified atom stereocenters. The average molecular weight is 768 g/mol. The van der Waals surface area contributed by atoms with Gasteiger partial charge in [-0.15, -0.1) is 0 Å². The van der Waals surface area contributed by atoms with E-state index in [-0.39, 0.29) is 61.1 Å². The molecular weight excluding hydrogens is 725 g/mol. The molecule has 1 saturated carbocycles. The molecule has 8 nitrogen and oxygen atoms in total. The smallest absolute Gasteiger partial charge is 0.247 e. The Bertz CT molecular complexity index is 1780. The minimum atomic E-state index is -0.928. The molecule has 1 saturated heterocycles. The second-order valence-corrected chi connectivity index (χ2v) is 14.4. The zero-order valence-corrected chi connectivity index (χ0v) is 29.8. The molecule has 0 radical (unpaired) electrons. The number of carbonyl (C=O) groups is 3. The van der Waals surface area contributed by atoms with E-state index < -0.39 is 29.6 Å². The molecule has 2 fully saturated rings. The van der Waals surface area contributed by atoms with Crippen molar-refractivity contribution >= 4 is 39.2 Å². The summed E-state index contributed by atoms with van der Waals surface area (Å²) in [5, 5.41) is 3.57. The second-order valence-electron chi connectivity index (χ2n) is 13.5. The Balaban J connectivity index is 1.17. The van der Waals surface area contributed by atoms with Gasteiger partial charge in [0.25, 0.3) is 0 Å². The summed E-state index contributed by atoms with van der Waals surface area (Å²) < 4.78 is 48.5. The van der Waals surface area contributed by atoms with Gasteiger partial charge in [-0.3, -0.25) is 14.4 Å². The second kappa shape index (κ2) is 16.5. The zero-order chi connectivity index (χ0) is 36.1. The maximum absolute atomic E-state index is 14.5. The van der Waals surface area contributed by atoms with Gasteiger partial charge >= 0.3 is 0 Å². The molecule has 3 N–H and O–H groups in total. The molecule has 51 heavy (non-hydrogen) atoms.